The number of H-pyrrole nitrogens is 1. The van der Waals surface area contributed by atoms with Crippen LogP contribution in [0, 0.1) is 6.92 Å². The summed E-state index contributed by atoms with van der Waals surface area (Å²) in [6, 6.07) is 10.1. The number of hydrogen-bond acceptors (Lipinski definition) is 6. The zero-order chi connectivity index (χ0) is 29.6. The number of rotatable bonds is 7. The molecule has 214 valence electrons. The van der Waals surface area contributed by atoms with Gasteiger partial charge in [0, 0.05) is 9.90 Å². The topological polar surface area (TPSA) is 93.5 Å². The molecule has 2 aromatic heterocycles. The van der Waals surface area contributed by atoms with E-state index < -0.39 is 48.3 Å². The maximum absolute atomic E-state index is 13.3. The molecule has 0 aliphatic rings. The lowest BCUT2D eigenvalue weighted by molar-refractivity contribution is -0.275. The summed E-state index contributed by atoms with van der Waals surface area (Å²) in [5.41, 5.74) is -1.17. The zero-order valence-corrected chi connectivity index (χ0v) is 22.1. The van der Waals surface area contributed by atoms with Crippen molar-refractivity contribution in [1.29, 1.82) is 0 Å². The molecule has 0 bridgehead atoms. The summed E-state index contributed by atoms with van der Waals surface area (Å²) in [4.78, 5) is 26.8. The van der Waals surface area contributed by atoms with Crippen molar-refractivity contribution in [2.24, 2.45) is 0 Å². The number of thiophene rings is 1. The minimum Gasteiger partial charge on any atom is -0.482 e. The first kappa shape index (κ1) is 29.5. The Morgan fingerprint density at radius 3 is 2.30 bits per heavy atom. The molecule has 7 nitrogen and oxygen atoms in total. The van der Waals surface area contributed by atoms with Gasteiger partial charge >= 0.3 is 18.2 Å². The Balaban J connectivity index is 1.81. The number of nitrogens with zero attached hydrogens (tertiary/aromatic N) is 1. The van der Waals surface area contributed by atoms with Crippen LogP contribution < -0.4 is 20.7 Å². The van der Waals surface area contributed by atoms with Crippen molar-refractivity contribution in [3.05, 3.63) is 79.5 Å². The van der Waals surface area contributed by atoms with E-state index in [1.807, 2.05) is 4.98 Å². The largest absolute Gasteiger partial charge is 0.573 e. The van der Waals surface area contributed by atoms with E-state index >= 15 is 0 Å². The van der Waals surface area contributed by atoms with Crippen molar-refractivity contribution in [2.75, 3.05) is 0 Å². The van der Waals surface area contributed by atoms with Gasteiger partial charge < -0.3 is 14.6 Å². The summed E-state index contributed by atoms with van der Waals surface area (Å²) in [7, 11) is 0. The summed E-state index contributed by atoms with van der Waals surface area (Å²) in [6.45, 7) is 1.83. The molecule has 0 spiro atoms. The fourth-order valence-corrected chi connectivity index (χ4v) is 5.37. The molecular formula is C25H19ClF6N2O5S. The van der Waals surface area contributed by atoms with Gasteiger partial charge in [-0.15, -0.1) is 24.5 Å². The number of ether oxygens (including phenoxy) is 2. The minimum absolute atomic E-state index is 0.110. The Morgan fingerprint density at radius 1 is 1.05 bits per heavy atom. The van der Waals surface area contributed by atoms with E-state index in [0.717, 1.165) is 6.07 Å². The third-order valence-corrected chi connectivity index (χ3v) is 7.49. The normalized spacial score (nSPS) is 13.8. The Labute approximate surface area is 230 Å². The number of nitrogens with one attached hydrogen (secondary N) is 1. The number of aryl methyl sites for hydroxylation is 1. The maximum Gasteiger partial charge on any atom is 0.573 e. The first-order valence-electron chi connectivity index (χ1n) is 11.4. The van der Waals surface area contributed by atoms with Crippen molar-refractivity contribution in [2.45, 2.75) is 45.1 Å². The molecule has 40 heavy (non-hydrogen) atoms. The molecule has 2 heterocycles. The van der Waals surface area contributed by atoms with Crippen LogP contribution in [-0.2, 0) is 6.54 Å². The highest BCUT2D eigenvalue weighted by Gasteiger charge is 2.39. The number of fused-ring (bicyclic) bond motifs is 1. The zero-order valence-electron chi connectivity index (χ0n) is 20.5. The fraction of sp³-hybridized carbons (Fsp3) is 0.280. The monoisotopic (exact) mass is 608 g/mol. The minimum atomic E-state index is -5.10. The molecule has 0 radical (unpaired) electrons. The number of alkyl halides is 6. The summed E-state index contributed by atoms with van der Waals surface area (Å²) >= 11 is 6.58. The molecule has 4 aromatic rings. The molecule has 0 amide bonds. The molecule has 4 rings (SSSR count). The summed E-state index contributed by atoms with van der Waals surface area (Å²) in [6.07, 6.45) is -13.8. The predicted molar refractivity (Wildman–Crippen MR) is 136 cm³/mol. The van der Waals surface area contributed by atoms with E-state index in [2.05, 4.69) is 4.74 Å². The van der Waals surface area contributed by atoms with Gasteiger partial charge in [-0.25, -0.2) is 4.79 Å². The SMILES string of the molecule is Cc1c(-c2ccc(OC(C)c3ccc(Cl)cc3)c(OC(F)(F)F)c2)sc2c1c(=O)[nH]c(=O)n2C[C@@H](O)C(F)(F)F. The highest BCUT2D eigenvalue weighted by molar-refractivity contribution is 7.22. The highest BCUT2D eigenvalue weighted by atomic mass is 35.5. The van der Waals surface area contributed by atoms with Gasteiger partial charge in [-0.1, -0.05) is 23.7 Å². The van der Waals surface area contributed by atoms with E-state index in [4.69, 9.17) is 16.3 Å². The number of aromatic amines is 1. The van der Waals surface area contributed by atoms with E-state index in [0.29, 0.717) is 26.5 Å². The molecule has 2 N–H and O–H groups in total. The van der Waals surface area contributed by atoms with Crippen LogP contribution in [0.25, 0.3) is 20.7 Å². The van der Waals surface area contributed by atoms with Gasteiger partial charge in [-0.3, -0.25) is 14.3 Å². The quantitative estimate of drug-likeness (QED) is 0.239. The molecule has 2 aromatic carbocycles. The molecule has 0 saturated heterocycles. The number of hydrogen-bond donors (Lipinski definition) is 2. The van der Waals surface area contributed by atoms with Crippen LogP contribution in [-0.4, -0.2) is 33.3 Å². The second-order valence-electron chi connectivity index (χ2n) is 8.68. The van der Waals surface area contributed by atoms with Crippen molar-refractivity contribution < 1.29 is 40.9 Å². The number of halogens is 7. The third kappa shape index (κ3) is 6.29. The maximum atomic E-state index is 13.3. The average molecular weight is 609 g/mol. The van der Waals surface area contributed by atoms with Crippen molar-refractivity contribution in [3.8, 4) is 21.9 Å². The number of aliphatic hydroxyl groups excluding tert-OH is 1. The number of benzene rings is 2. The molecule has 0 aliphatic carbocycles. The van der Waals surface area contributed by atoms with E-state index in [1.54, 1.807) is 31.2 Å². The van der Waals surface area contributed by atoms with Crippen molar-refractivity contribution in [1.82, 2.24) is 9.55 Å². The van der Waals surface area contributed by atoms with Gasteiger partial charge in [-0.2, -0.15) is 13.2 Å². The van der Waals surface area contributed by atoms with Gasteiger partial charge in [0.2, 0.25) is 0 Å². The molecule has 0 saturated carbocycles. The first-order chi connectivity index (χ1) is 18.5. The van der Waals surface area contributed by atoms with Crippen LogP contribution in [0.4, 0.5) is 26.3 Å². The molecular weight excluding hydrogens is 590 g/mol. The number of aliphatic hydroxyl groups is 1. The van der Waals surface area contributed by atoms with Crippen LogP contribution in [0.15, 0.2) is 52.1 Å². The lowest BCUT2D eigenvalue weighted by Gasteiger charge is -2.19. The molecule has 2 atom stereocenters. The van der Waals surface area contributed by atoms with Crippen LogP contribution >= 0.6 is 22.9 Å². The Morgan fingerprint density at radius 2 is 1.70 bits per heavy atom. The fourth-order valence-electron chi connectivity index (χ4n) is 3.94. The molecule has 15 heteroatoms. The van der Waals surface area contributed by atoms with Crippen molar-refractivity contribution in [3.63, 3.8) is 0 Å². The number of aromatic nitrogens is 2. The third-order valence-electron chi connectivity index (χ3n) is 5.87. The highest BCUT2D eigenvalue weighted by Crippen LogP contribution is 2.42. The van der Waals surface area contributed by atoms with Gasteiger partial charge in [-0.05, 0) is 60.9 Å². The summed E-state index contributed by atoms with van der Waals surface area (Å²) in [5.74, 6) is -0.966. The van der Waals surface area contributed by atoms with E-state index in [1.165, 1.54) is 19.1 Å². The predicted octanol–water partition coefficient (Wildman–Crippen LogP) is 6.34. The second-order valence-corrected chi connectivity index (χ2v) is 10.1. The van der Waals surface area contributed by atoms with Crippen molar-refractivity contribution >= 4 is 33.2 Å². The second kappa shape index (κ2) is 10.8. The molecule has 0 aliphatic heterocycles. The Bertz CT molecular complexity index is 1660. The standard InChI is InChI=1S/C25H19ClF6N2O5S/c1-11-19-21(36)33-23(37)34(10-18(35)24(27,28)29)22(19)40-20(11)14-5-8-16(17(9-14)39-25(30,31)32)38-12(2)13-3-6-15(26)7-4-13/h3-9,12,18,35H,10H2,1-2H3,(H,33,36,37)/t12?,18-/m1/s1. The Kier molecular flexibility index (Phi) is 7.98. The van der Waals surface area contributed by atoms with Gasteiger partial charge in [0.1, 0.15) is 10.9 Å². The van der Waals surface area contributed by atoms with E-state index in [-0.39, 0.29) is 32.0 Å². The summed E-state index contributed by atoms with van der Waals surface area (Å²) < 4.78 is 89.3. The van der Waals surface area contributed by atoms with Crippen LogP contribution in [0.2, 0.25) is 5.02 Å². The first-order valence-corrected chi connectivity index (χ1v) is 12.6. The van der Waals surface area contributed by atoms with Crippen LogP contribution in [0.1, 0.15) is 24.2 Å². The lowest BCUT2D eigenvalue weighted by atomic mass is 10.1. The Hall–Kier alpha value is -3.49. The molecule has 0 fully saturated rings. The van der Waals surface area contributed by atoms with Gasteiger partial charge in [0.25, 0.3) is 5.56 Å². The molecule has 1 unspecified atom stereocenters. The van der Waals surface area contributed by atoms with Crippen LogP contribution in [0.5, 0.6) is 11.5 Å². The smallest absolute Gasteiger partial charge is 0.482 e. The van der Waals surface area contributed by atoms with Gasteiger partial charge in [0.05, 0.1) is 11.9 Å². The van der Waals surface area contributed by atoms with E-state index in [9.17, 15) is 41.0 Å². The van der Waals surface area contributed by atoms with Gasteiger partial charge in [0.15, 0.2) is 17.6 Å². The van der Waals surface area contributed by atoms with Crippen LogP contribution in [0.3, 0.4) is 0 Å². The summed E-state index contributed by atoms with van der Waals surface area (Å²) in [5, 5.41) is 9.82. The lowest BCUT2D eigenvalue weighted by Crippen LogP contribution is -2.38. The average Bonchev–Trinajstić information content (AvgIpc) is 3.19.